The van der Waals surface area contributed by atoms with E-state index >= 15 is 0 Å². The second-order valence-electron chi connectivity index (χ2n) is 12.3. The van der Waals surface area contributed by atoms with E-state index in [0.717, 1.165) is 66.6 Å². The van der Waals surface area contributed by atoms with Gasteiger partial charge in [-0.05, 0) is 0 Å². The number of hydrogen-bond donors (Lipinski definition) is 0. The van der Waals surface area contributed by atoms with E-state index < -0.39 is 28.4 Å². The standard InChI is InChI=1S/C21H21N4O5S.3C4H9.Sn/c26-21(30-16-14-29-15-16)24-12-10-23(11-13-24)19-6-8-22-20-18(19)7-9-25(20)31(27,28)17-4-2-1-3-5-17;3*1-3-4-2;/h1-8,16H,10-15H2;3*1,3-4H2,2H3;. The van der Waals surface area contributed by atoms with Crippen LogP contribution in [0.4, 0.5) is 10.5 Å². The SMILES string of the molecule is CCC[CH2][Sn]([CH2]CCC)([CH2]CCC)[c]1cc2c(N3CCN(C(=O)OC4COC4)CC3)ccnc2n1S(=O)(=O)c1ccccc1. The Hall–Kier alpha value is -2.31. The average molecular weight is 732 g/mol. The molecule has 0 aliphatic carbocycles. The van der Waals surface area contributed by atoms with Crippen molar-refractivity contribution in [1.82, 2.24) is 13.9 Å². The summed E-state index contributed by atoms with van der Waals surface area (Å²) in [5.74, 6) is 0. The van der Waals surface area contributed by atoms with Crippen LogP contribution >= 0.6 is 0 Å². The fraction of sp³-hybridized carbons (Fsp3) is 0.576. The molecule has 2 aliphatic rings. The average Bonchev–Trinajstić information content (AvgIpc) is 3.44. The van der Waals surface area contributed by atoms with Gasteiger partial charge in [-0.25, -0.2) is 0 Å². The molecule has 11 heteroatoms. The van der Waals surface area contributed by atoms with Crippen LogP contribution in [0.2, 0.25) is 13.3 Å². The van der Waals surface area contributed by atoms with Crippen LogP contribution in [0, 0.1) is 0 Å². The van der Waals surface area contributed by atoms with E-state index in [4.69, 9.17) is 14.5 Å². The molecule has 0 N–H and O–H groups in total. The van der Waals surface area contributed by atoms with E-state index in [-0.39, 0.29) is 12.2 Å². The van der Waals surface area contributed by atoms with Gasteiger partial charge in [0.25, 0.3) is 0 Å². The molecule has 2 saturated heterocycles. The summed E-state index contributed by atoms with van der Waals surface area (Å²) in [6.07, 6.45) is 8.00. The molecular weight excluding hydrogens is 683 g/mol. The van der Waals surface area contributed by atoms with E-state index in [1.165, 1.54) is 0 Å². The molecule has 1 amide bonds. The molecule has 2 aromatic heterocycles. The molecule has 0 saturated carbocycles. The maximum absolute atomic E-state index is 14.6. The van der Waals surface area contributed by atoms with E-state index in [0.29, 0.717) is 49.9 Å². The van der Waals surface area contributed by atoms with Crippen molar-refractivity contribution in [2.75, 3.05) is 44.3 Å². The molecule has 1 aromatic carbocycles. The summed E-state index contributed by atoms with van der Waals surface area (Å²) in [6.45, 7) is 10.00. The van der Waals surface area contributed by atoms with Crippen LogP contribution in [0.1, 0.15) is 59.3 Å². The van der Waals surface area contributed by atoms with Crippen molar-refractivity contribution in [3.8, 4) is 0 Å². The molecule has 2 fully saturated rings. The van der Waals surface area contributed by atoms with Crippen LogP contribution in [0.15, 0.2) is 53.6 Å². The summed E-state index contributed by atoms with van der Waals surface area (Å²) < 4.78 is 46.1. The van der Waals surface area contributed by atoms with Crippen LogP contribution < -0.4 is 8.61 Å². The predicted octanol–water partition coefficient (Wildman–Crippen LogP) is 5.99. The summed E-state index contributed by atoms with van der Waals surface area (Å²) >= 11 is -3.29. The van der Waals surface area contributed by atoms with E-state index in [2.05, 4.69) is 31.7 Å². The quantitative estimate of drug-likeness (QED) is 0.188. The minimum atomic E-state index is -3.88. The van der Waals surface area contributed by atoms with Crippen molar-refractivity contribution in [2.24, 2.45) is 0 Å². The van der Waals surface area contributed by atoms with Crippen LogP contribution in [0.25, 0.3) is 11.0 Å². The van der Waals surface area contributed by atoms with Crippen LogP contribution in [-0.4, -0.2) is 92.2 Å². The number of carbonyl (C=O) groups is 1. The first-order chi connectivity index (χ1) is 21.3. The number of rotatable bonds is 14. The Bertz CT molecular complexity index is 1480. The summed E-state index contributed by atoms with van der Waals surface area (Å²) in [5.41, 5.74) is 1.51. The van der Waals surface area contributed by atoms with Gasteiger partial charge in [-0.1, -0.05) is 0 Å². The van der Waals surface area contributed by atoms with Crippen LogP contribution in [0.5, 0.6) is 0 Å². The van der Waals surface area contributed by atoms with Gasteiger partial charge in [-0.2, -0.15) is 0 Å². The zero-order valence-corrected chi connectivity index (χ0v) is 30.2. The van der Waals surface area contributed by atoms with Gasteiger partial charge in [-0.3, -0.25) is 0 Å². The number of fused-ring (bicyclic) bond motifs is 1. The van der Waals surface area contributed by atoms with Gasteiger partial charge in [0.15, 0.2) is 0 Å². The number of hydrogen-bond acceptors (Lipinski definition) is 7. The Morgan fingerprint density at radius 2 is 1.55 bits per heavy atom. The molecule has 4 heterocycles. The first-order valence-corrected chi connectivity index (χ1v) is 25.4. The second-order valence-corrected chi connectivity index (χ2v) is 27.1. The van der Waals surface area contributed by atoms with Gasteiger partial charge in [-0.15, -0.1) is 0 Å². The van der Waals surface area contributed by atoms with E-state index in [9.17, 15) is 13.2 Å². The first kappa shape index (κ1) is 33.1. The van der Waals surface area contributed by atoms with Crippen molar-refractivity contribution in [2.45, 2.75) is 83.6 Å². The molecule has 0 unspecified atom stereocenters. The summed E-state index contributed by atoms with van der Waals surface area (Å²) in [6, 6.07) is 13.1. The third-order valence-electron chi connectivity index (χ3n) is 9.24. The molecule has 9 nitrogen and oxygen atoms in total. The summed E-state index contributed by atoms with van der Waals surface area (Å²) in [7, 11) is -3.88. The Kier molecular flexibility index (Phi) is 11.2. The fourth-order valence-corrected chi connectivity index (χ4v) is 26.3. The van der Waals surface area contributed by atoms with Gasteiger partial charge in [0, 0.05) is 0 Å². The van der Waals surface area contributed by atoms with Crippen molar-refractivity contribution in [3.05, 3.63) is 48.7 Å². The molecule has 0 radical (unpaired) electrons. The number of pyridine rings is 1. The Labute approximate surface area is 266 Å². The zero-order chi connectivity index (χ0) is 31.2. The topological polar surface area (TPSA) is 94.0 Å². The van der Waals surface area contributed by atoms with E-state index in [1.54, 1.807) is 39.3 Å². The molecule has 0 spiro atoms. The number of anilines is 1. The second kappa shape index (κ2) is 14.9. The van der Waals surface area contributed by atoms with Crippen molar-refractivity contribution >= 4 is 54.9 Å². The number of benzene rings is 1. The molecular formula is C33H48N4O5SSn. The fourth-order valence-electron chi connectivity index (χ4n) is 6.58. The van der Waals surface area contributed by atoms with Crippen LogP contribution in [0.3, 0.4) is 0 Å². The van der Waals surface area contributed by atoms with Gasteiger partial charge >= 0.3 is 263 Å². The van der Waals surface area contributed by atoms with Crippen LogP contribution in [-0.2, 0) is 19.5 Å². The van der Waals surface area contributed by atoms with Gasteiger partial charge in [0.2, 0.25) is 0 Å². The molecule has 3 aromatic rings. The number of carbonyl (C=O) groups excluding carboxylic acids is 1. The minimum absolute atomic E-state index is 0.148. The van der Waals surface area contributed by atoms with Gasteiger partial charge in [0.1, 0.15) is 0 Å². The van der Waals surface area contributed by atoms with Crippen molar-refractivity contribution in [1.29, 1.82) is 0 Å². The van der Waals surface area contributed by atoms with Gasteiger partial charge in [0.05, 0.1) is 0 Å². The van der Waals surface area contributed by atoms with Gasteiger partial charge < -0.3 is 4.74 Å². The number of amides is 1. The predicted molar refractivity (Wildman–Crippen MR) is 178 cm³/mol. The number of ether oxygens (including phenoxy) is 2. The Balaban J connectivity index is 1.60. The number of piperazine rings is 1. The molecule has 0 atom stereocenters. The molecule has 2 aliphatic heterocycles. The number of unbranched alkanes of at least 4 members (excludes halogenated alkanes) is 3. The maximum atomic E-state index is 14.6. The molecule has 0 bridgehead atoms. The summed E-state index contributed by atoms with van der Waals surface area (Å²) in [4.78, 5) is 21.8. The first-order valence-electron chi connectivity index (χ1n) is 16.4. The van der Waals surface area contributed by atoms with Crippen molar-refractivity contribution in [3.63, 3.8) is 0 Å². The normalized spacial score (nSPS) is 16.3. The third-order valence-corrected chi connectivity index (χ3v) is 26.8. The zero-order valence-electron chi connectivity index (χ0n) is 26.5. The Morgan fingerprint density at radius 3 is 2.09 bits per heavy atom. The monoisotopic (exact) mass is 732 g/mol. The van der Waals surface area contributed by atoms with Crippen molar-refractivity contribution < 1.29 is 22.7 Å². The molecule has 5 rings (SSSR count). The Morgan fingerprint density at radius 1 is 0.932 bits per heavy atom. The number of nitrogens with zero attached hydrogens (tertiary/aromatic N) is 4. The third kappa shape index (κ3) is 6.91. The summed E-state index contributed by atoms with van der Waals surface area (Å²) in [5, 5.41) is 0.898. The molecule has 44 heavy (non-hydrogen) atoms. The number of aromatic nitrogens is 2. The molecule has 240 valence electrons. The van der Waals surface area contributed by atoms with E-state index in [1.807, 2.05) is 12.1 Å².